The number of carboxylic acids is 1. The Morgan fingerprint density at radius 2 is 1.39 bits per heavy atom. The number of rotatable bonds is 9. The Hall–Kier alpha value is -2.89. The maximum atomic E-state index is 10.4. The Labute approximate surface area is 199 Å². The summed E-state index contributed by atoms with van der Waals surface area (Å²) in [6.07, 6.45) is 14.2. The first-order valence-electron chi connectivity index (χ1n) is 12.2. The molecule has 0 bridgehead atoms. The van der Waals surface area contributed by atoms with Gasteiger partial charge in [-0.25, -0.2) is 19.9 Å². The van der Waals surface area contributed by atoms with Gasteiger partial charge >= 0.3 is 5.97 Å². The minimum absolute atomic E-state index is 0.300. The highest BCUT2D eigenvalue weighted by atomic mass is 16.4. The zero-order chi connectivity index (χ0) is 24.7. The van der Waals surface area contributed by atoms with Crippen molar-refractivity contribution in [3.8, 4) is 0 Å². The van der Waals surface area contributed by atoms with Crippen LogP contribution >= 0.6 is 0 Å². The first-order valence-corrected chi connectivity index (χ1v) is 12.2. The summed E-state index contributed by atoms with van der Waals surface area (Å²) in [4.78, 5) is 26.9. The van der Waals surface area contributed by atoms with Crippen molar-refractivity contribution in [2.45, 2.75) is 92.4 Å². The van der Waals surface area contributed by atoms with E-state index in [0.717, 1.165) is 54.7 Å². The van der Waals surface area contributed by atoms with Crippen LogP contribution in [0.25, 0.3) is 11.0 Å². The lowest BCUT2D eigenvalue weighted by Gasteiger charge is -2.03. The van der Waals surface area contributed by atoms with Crippen molar-refractivity contribution < 1.29 is 9.90 Å². The van der Waals surface area contributed by atoms with Crippen molar-refractivity contribution in [3.63, 3.8) is 0 Å². The minimum atomic E-state index is -0.689. The van der Waals surface area contributed by atoms with Gasteiger partial charge in [0.25, 0.3) is 0 Å². The number of aromatic nitrogens is 4. The molecule has 6 nitrogen and oxygen atoms in total. The van der Waals surface area contributed by atoms with E-state index in [0.29, 0.717) is 6.42 Å². The van der Waals surface area contributed by atoms with Gasteiger partial charge in [0.1, 0.15) is 5.82 Å². The molecule has 0 saturated heterocycles. The van der Waals surface area contributed by atoms with Gasteiger partial charge in [0, 0.05) is 36.1 Å². The van der Waals surface area contributed by atoms with Crippen LogP contribution in [0, 0.1) is 6.92 Å². The Bertz CT molecular complexity index is 857. The topological polar surface area (TPSA) is 88.9 Å². The maximum Gasteiger partial charge on any atom is 0.303 e. The normalized spacial score (nSPS) is 9.48. The summed E-state index contributed by atoms with van der Waals surface area (Å²) in [6, 6.07) is 9.91. The van der Waals surface area contributed by atoms with Crippen LogP contribution in [-0.4, -0.2) is 31.0 Å². The fourth-order valence-corrected chi connectivity index (χ4v) is 2.79. The van der Waals surface area contributed by atoms with Crippen molar-refractivity contribution in [1.82, 2.24) is 19.9 Å². The molecule has 33 heavy (non-hydrogen) atoms. The summed E-state index contributed by atoms with van der Waals surface area (Å²) in [6.45, 7) is 10.1. The molecule has 1 N–H and O–H groups in total. The molecule has 0 aliphatic rings. The molecule has 0 unspecified atom stereocenters. The lowest BCUT2D eigenvalue weighted by Crippen LogP contribution is -1.94. The zero-order valence-electron chi connectivity index (χ0n) is 21.1. The van der Waals surface area contributed by atoms with E-state index in [1.54, 1.807) is 24.7 Å². The van der Waals surface area contributed by atoms with E-state index in [-0.39, 0.29) is 0 Å². The van der Waals surface area contributed by atoms with Crippen molar-refractivity contribution in [2.75, 3.05) is 0 Å². The van der Waals surface area contributed by atoms with Crippen LogP contribution in [0.15, 0.2) is 48.9 Å². The third-order valence-corrected chi connectivity index (χ3v) is 4.29. The van der Waals surface area contributed by atoms with Gasteiger partial charge in [0.15, 0.2) is 5.65 Å². The van der Waals surface area contributed by atoms with Gasteiger partial charge in [-0.05, 0) is 56.5 Å². The fourth-order valence-electron chi connectivity index (χ4n) is 2.79. The third-order valence-electron chi connectivity index (χ3n) is 4.29. The Morgan fingerprint density at radius 1 is 0.818 bits per heavy atom. The van der Waals surface area contributed by atoms with Gasteiger partial charge in [-0.2, -0.15) is 0 Å². The number of nitrogens with zero attached hydrogens (tertiary/aromatic N) is 4. The molecule has 0 aliphatic heterocycles. The van der Waals surface area contributed by atoms with Gasteiger partial charge in [-0.1, -0.05) is 59.8 Å². The Kier molecular flexibility index (Phi) is 19.1. The molecule has 0 radical (unpaired) electrons. The molecule has 0 saturated carbocycles. The summed E-state index contributed by atoms with van der Waals surface area (Å²) < 4.78 is 0. The second-order valence-corrected chi connectivity index (χ2v) is 7.37. The average Bonchev–Trinajstić information content (AvgIpc) is 2.83. The lowest BCUT2D eigenvalue weighted by molar-refractivity contribution is -0.137. The lowest BCUT2D eigenvalue weighted by atomic mass is 10.1. The summed E-state index contributed by atoms with van der Waals surface area (Å²) >= 11 is 0. The average molecular weight is 455 g/mol. The van der Waals surface area contributed by atoms with Gasteiger partial charge < -0.3 is 5.11 Å². The van der Waals surface area contributed by atoms with Crippen LogP contribution in [0.4, 0.5) is 0 Å². The Morgan fingerprint density at radius 3 is 1.97 bits per heavy atom. The third kappa shape index (κ3) is 16.4. The highest BCUT2D eigenvalue weighted by molar-refractivity contribution is 5.74. The number of unbranched alkanes of at least 4 members (excludes halogenated alkanes) is 5. The van der Waals surface area contributed by atoms with Crippen LogP contribution in [0.3, 0.4) is 0 Å². The molecule has 0 aliphatic carbocycles. The molecular weight excluding hydrogens is 412 g/mol. The molecule has 0 fully saturated rings. The Balaban J connectivity index is 0.000000704. The zero-order valence-corrected chi connectivity index (χ0v) is 21.1. The standard InChI is InChI=1S/C17H22N2O2.C5H6N2.C3H8.C2H6/c20-16(21)10-6-4-2-1-3-5-9-15-12-11-14-8-7-13-18-17(14)19-15;1-5-6-3-2-4-7-5;1-3-2;1-2/h7-8,11-13H,1-6,9-10H2,(H,20,21);2-4H,1H3;3H2,1-2H3;1-2H3. The number of carbonyl (C=O) groups is 1. The van der Waals surface area contributed by atoms with Crippen LogP contribution in [0.2, 0.25) is 0 Å². The second kappa shape index (κ2) is 21.0. The summed E-state index contributed by atoms with van der Waals surface area (Å²) in [5, 5.41) is 9.63. The predicted molar refractivity (Wildman–Crippen MR) is 137 cm³/mol. The fraction of sp³-hybridized carbons (Fsp3) is 0.519. The first-order chi connectivity index (χ1) is 16.1. The number of hydrogen-bond acceptors (Lipinski definition) is 5. The molecule has 0 atom stereocenters. The highest BCUT2D eigenvalue weighted by Crippen LogP contribution is 2.13. The number of aryl methyl sites for hydroxylation is 2. The smallest absolute Gasteiger partial charge is 0.303 e. The number of pyridine rings is 2. The SMILES string of the molecule is CC.CCC.Cc1ncccn1.O=C(O)CCCCCCCCc1ccc2cccnc2n1. The van der Waals surface area contributed by atoms with Crippen molar-refractivity contribution in [1.29, 1.82) is 0 Å². The van der Waals surface area contributed by atoms with E-state index in [2.05, 4.69) is 45.9 Å². The molecule has 6 heteroatoms. The van der Waals surface area contributed by atoms with Gasteiger partial charge in [-0.15, -0.1) is 0 Å². The number of fused-ring (bicyclic) bond motifs is 1. The molecule has 3 aromatic heterocycles. The quantitative estimate of drug-likeness (QED) is 0.343. The monoisotopic (exact) mass is 454 g/mol. The van der Waals surface area contributed by atoms with E-state index in [4.69, 9.17) is 5.11 Å². The second-order valence-electron chi connectivity index (χ2n) is 7.37. The molecule has 0 aromatic carbocycles. The highest BCUT2D eigenvalue weighted by Gasteiger charge is 2.00. The van der Waals surface area contributed by atoms with Crippen LogP contribution in [0.5, 0.6) is 0 Å². The van der Waals surface area contributed by atoms with Crippen LogP contribution in [0.1, 0.15) is 90.6 Å². The largest absolute Gasteiger partial charge is 0.481 e. The minimum Gasteiger partial charge on any atom is -0.481 e. The van der Waals surface area contributed by atoms with Gasteiger partial charge in [0.05, 0.1) is 0 Å². The summed E-state index contributed by atoms with van der Waals surface area (Å²) in [5.74, 6) is 0.133. The summed E-state index contributed by atoms with van der Waals surface area (Å²) in [5.41, 5.74) is 1.93. The molecule has 3 aromatic rings. The maximum absolute atomic E-state index is 10.4. The molecular formula is C27H42N4O2. The number of hydrogen-bond donors (Lipinski definition) is 1. The molecule has 3 rings (SSSR count). The van der Waals surface area contributed by atoms with Crippen molar-refractivity contribution >= 4 is 17.0 Å². The van der Waals surface area contributed by atoms with E-state index in [1.807, 2.05) is 32.9 Å². The van der Waals surface area contributed by atoms with E-state index < -0.39 is 5.97 Å². The van der Waals surface area contributed by atoms with Crippen LogP contribution in [-0.2, 0) is 11.2 Å². The molecule has 3 heterocycles. The van der Waals surface area contributed by atoms with E-state index >= 15 is 0 Å². The van der Waals surface area contributed by atoms with Crippen molar-refractivity contribution in [2.24, 2.45) is 0 Å². The molecule has 0 spiro atoms. The predicted octanol–water partition coefficient (Wildman–Crippen LogP) is 7.22. The molecule has 0 amide bonds. The van der Waals surface area contributed by atoms with Gasteiger partial charge in [0.2, 0.25) is 0 Å². The van der Waals surface area contributed by atoms with Crippen molar-refractivity contribution in [3.05, 3.63) is 60.4 Å². The van der Waals surface area contributed by atoms with E-state index in [9.17, 15) is 4.79 Å². The first kappa shape index (κ1) is 30.1. The van der Waals surface area contributed by atoms with E-state index in [1.165, 1.54) is 19.3 Å². The number of carboxylic acid groups (broad SMARTS) is 1. The van der Waals surface area contributed by atoms with Gasteiger partial charge in [-0.3, -0.25) is 4.79 Å². The number of aliphatic carboxylic acids is 1. The summed E-state index contributed by atoms with van der Waals surface area (Å²) in [7, 11) is 0. The molecule has 182 valence electrons. The van der Waals surface area contributed by atoms with Crippen LogP contribution < -0.4 is 0 Å².